The Labute approximate surface area is 121 Å². The van der Waals surface area contributed by atoms with Gasteiger partial charge in [0.1, 0.15) is 11.6 Å². The molecule has 1 N–H and O–H groups in total. The molecule has 2 aromatic carbocycles. The molecule has 0 amide bonds. The fourth-order valence-corrected chi connectivity index (χ4v) is 1.92. The molecular weight excluding hydrogens is 333 g/mol. The fourth-order valence-electron chi connectivity index (χ4n) is 1.59. The second-order valence-corrected chi connectivity index (χ2v) is 4.71. The summed E-state index contributed by atoms with van der Waals surface area (Å²) < 4.78 is 18.8. The number of ether oxygens (including phenoxy) is 1. The summed E-state index contributed by atoms with van der Waals surface area (Å²) in [6, 6.07) is 8.52. The van der Waals surface area contributed by atoms with Crippen molar-refractivity contribution in [1.82, 2.24) is 0 Å². The van der Waals surface area contributed by atoms with E-state index >= 15 is 0 Å². The predicted molar refractivity (Wildman–Crippen MR) is 73.2 cm³/mol. The lowest BCUT2D eigenvalue weighted by atomic mass is 10.2. The molecule has 0 saturated heterocycles. The first-order valence-corrected chi connectivity index (χ1v) is 6.32. The zero-order chi connectivity index (χ0) is 14.7. The van der Waals surface area contributed by atoms with Crippen LogP contribution in [-0.4, -0.2) is 10.0 Å². The summed E-state index contributed by atoms with van der Waals surface area (Å²) >= 11 is 2.95. The number of rotatable bonds is 4. The molecule has 0 aliphatic carbocycles. The first-order chi connectivity index (χ1) is 9.52. The summed E-state index contributed by atoms with van der Waals surface area (Å²) in [7, 11) is 0. The van der Waals surface area contributed by atoms with Crippen molar-refractivity contribution in [2.24, 2.45) is 0 Å². The number of aliphatic hydroxyl groups is 1. The third-order valence-electron chi connectivity index (χ3n) is 2.56. The highest BCUT2D eigenvalue weighted by atomic mass is 79.9. The molecule has 0 aliphatic heterocycles. The first-order valence-electron chi connectivity index (χ1n) is 5.53. The van der Waals surface area contributed by atoms with E-state index in [4.69, 9.17) is 4.74 Å². The van der Waals surface area contributed by atoms with Crippen molar-refractivity contribution in [2.75, 3.05) is 0 Å². The SMILES string of the molecule is O=[N+]([O-])c1cc(F)c(Br)cc1Oc1ccccc1CO. The van der Waals surface area contributed by atoms with Gasteiger partial charge >= 0.3 is 5.69 Å². The minimum Gasteiger partial charge on any atom is -0.450 e. The standard InChI is InChI=1S/C13H9BrFNO4/c14-9-5-13(11(16(18)19)6-10(9)15)20-12-4-2-1-3-8(12)7-17/h1-6,17H,7H2. The number of halogens is 2. The van der Waals surface area contributed by atoms with E-state index in [2.05, 4.69) is 15.9 Å². The summed E-state index contributed by atoms with van der Waals surface area (Å²) in [4.78, 5) is 10.2. The van der Waals surface area contributed by atoms with Crippen LogP contribution in [-0.2, 0) is 6.61 Å². The third kappa shape index (κ3) is 2.94. The zero-order valence-corrected chi connectivity index (χ0v) is 11.6. The van der Waals surface area contributed by atoms with E-state index < -0.39 is 16.4 Å². The number of benzene rings is 2. The van der Waals surface area contributed by atoms with Crippen molar-refractivity contribution in [1.29, 1.82) is 0 Å². The first kappa shape index (κ1) is 14.4. The Kier molecular flexibility index (Phi) is 4.31. The van der Waals surface area contributed by atoms with Crippen LogP contribution in [0, 0.1) is 15.9 Å². The van der Waals surface area contributed by atoms with Crippen molar-refractivity contribution in [3.05, 3.63) is 62.4 Å². The minimum absolute atomic E-state index is 0.0552. The molecule has 0 aliphatic rings. The molecular formula is C13H9BrFNO4. The molecule has 0 heterocycles. The molecule has 2 aromatic rings. The van der Waals surface area contributed by atoms with Crippen LogP contribution >= 0.6 is 15.9 Å². The van der Waals surface area contributed by atoms with Gasteiger partial charge in [0.15, 0.2) is 0 Å². The zero-order valence-electron chi connectivity index (χ0n) is 10.0. The third-order valence-corrected chi connectivity index (χ3v) is 3.17. The maximum Gasteiger partial charge on any atom is 0.314 e. The number of nitrogens with zero attached hydrogens (tertiary/aromatic N) is 1. The Hall–Kier alpha value is -1.99. The van der Waals surface area contributed by atoms with E-state index in [1.807, 2.05) is 0 Å². The van der Waals surface area contributed by atoms with E-state index in [-0.39, 0.29) is 22.6 Å². The molecule has 0 unspecified atom stereocenters. The van der Waals surface area contributed by atoms with Crippen LogP contribution in [0.15, 0.2) is 40.9 Å². The molecule has 0 spiro atoms. The topological polar surface area (TPSA) is 72.6 Å². The van der Waals surface area contributed by atoms with Gasteiger partial charge in [0.05, 0.1) is 22.1 Å². The highest BCUT2D eigenvalue weighted by Crippen LogP contribution is 2.36. The van der Waals surface area contributed by atoms with Gasteiger partial charge in [-0.05, 0) is 22.0 Å². The van der Waals surface area contributed by atoms with Crippen LogP contribution in [0.5, 0.6) is 11.5 Å². The quantitative estimate of drug-likeness (QED) is 0.678. The Morgan fingerprint density at radius 3 is 2.65 bits per heavy atom. The van der Waals surface area contributed by atoms with E-state index in [1.54, 1.807) is 24.3 Å². The number of para-hydroxylation sites is 1. The Bertz CT molecular complexity index is 663. The molecule has 0 bridgehead atoms. The number of hydrogen-bond donors (Lipinski definition) is 1. The lowest BCUT2D eigenvalue weighted by Gasteiger charge is -2.10. The second-order valence-electron chi connectivity index (χ2n) is 3.86. The van der Waals surface area contributed by atoms with Crippen LogP contribution in [0.4, 0.5) is 10.1 Å². The van der Waals surface area contributed by atoms with Crippen molar-refractivity contribution < 1.29 is 19.2 Å². The van der Waals surface area contributed by atoms with Crippen molar-refractivity contribution >= 4 is 21.6 Å². The second kappa shape index (κ2) is 5.98. The molecule has 0 aromatic heterocycles. The monoisotopic (exact) mass is 341 g/mol. The van der Waals surface area contributed by atoms with Gasteiger partial charge in [0.25, 0.3) is 0 Å². The number of nitro benzene ring substituents is 1. The summed E-state index contributed by atoms with van der Waals surface area (Å²) in [5.74, 6) is -0.583. The smallest absolute Gasteiger partial charge is 0.314 e. The molecule has 5 nitrogen and oxygen atoms in total. The van der Waals surface area contributed by atoms with Crippen molar-refractivity contribution in [2.45, 2.75) is 6.61 Å². The Morgan fingerprint density at radius 2 is 2.00 bits per heavy atom. The highest BCUT2D eigenvalue weighted by molar-refractivity contribution is 9.10. The van der Waals surface area contributed by atoms with E-state index in [0.717, 1.165) is 6.07 Å². The van der Waals surface area contributed by atoms with Gasteiger partial charge in [-0.1, -0.05) is 18.2 Å². The van der Waals surface area contributed by atoms with Gasteiger partial charge in [-0.15, -0.1) is 0 Å². The highest BCUT2D eigenvalue weighted by Gasteiger charge is 2.20. The maximum absolute atomic E-state index is 13.4. The molecule has 104 valence electrons. The fraction of sp³-hybridized carbons (Fsp3) is 0.0769. The molecule has 0 atom stereocenters. The average Bonchev–Trinajstić information content (AvgIpc) is 2.43. The van der Waals surface area contributed by atoms with Crippen LogP contribution in [0.2, 0.25) is 0 Å². The minimum atomic E-state index is -0.750. The molecule has 20 heavy (non-hydrogen) atoms. The van der Waals surface area contributed by atoms with Gasteiger partial charge in [0, 0.05) is 11.6 Å². The Morgan fingerprint density at radius 1 is 1.30 bits per heavy atom. The van der Waals surface area contributed by atoms with Crippen LogP contribution in [0.25, 0.3) is 0 Å². The van der Waals surface area contributed by atoms with Crippen molar-refractivity contribution in [3.8, 4) is 11.5 Å². The molecule has 0 saturated carbocycles. The summed E-state index contributed by atoms with van der Waals surface area (Å²) in [5.41, 5.74) is -0.0133. The number of nitro groups is 1. The summed E-state index contributed by atoms with van der Waals surface area (Å²) in [6.07, 6.45) is 0. The summed E-state index contributed by atoms with van der Waals surface area (Å²) in [5, 5.41) is 20.1. The molecule has 7 heteroatoms. The predicted octanol–water partition coefficient (Wildman–Crippen LogP) is 3.78. The van der Waals surface area contributed by atoms with Gasteiger partial charge < -0.3 is 9.84 Å². The van der Waals surface area contributed by atoms with Crippen LogP contribution in [0.1, 0.15) is 5.56 Å². The van der Waals surface area contributed by atoms with Gasteiger partial charge in [-0.2, -0.15) is 0 Å². The van der Waals surface area contributed by atoms with Gasteiger partial charge in [0.2, 0.25) is 5.75 Å². The lowest BCUT2D eigenvalue weighted by molar-refractivity contribution is -0.385. The van der Waals surface area contributed by atoms with Gasteiger partial charge in [-0.25, -0.2) is 4.39 Å². The largest absolute Gasteiger partial charge is 0.450 e. The molecule has 0 radical (unpaired) electrons. The summed E-state index contributed by atoms with van der Waals surface area (Å²) in [6.45, 7) is -0.271. The molecule has 0 fully saturated rings. The van der Waals surface area contributed by atoms with Crippen molar-refractivity contribution in [3.63, 3.8) is 0 Å². The number of hydrogen-bond acceptors (Lipinski definition) is 4. The van der Waals surface area contributed by atoms with Crippen LogP contribution in [0.3, 0.4) is 0 Å². The van der Waals surface area contributed by atoms with E-state index in [0.29, 0.717) is 5.56 Å². The maximum atomic E-state index is 13.4. The molecule has 2 rings (SSSR count). The lowest BCUT2D eigenvalue weighted by Crippen LogP contribution is -1.97. The van der Waals surface area contributed by atoms with E-state index in [1.165, 1.54) is 6.07 Å². The normalized spacial score (nSPS) is 10.3. The van der Waals surface area contributed by atoms with Gasteiger partial charge in [-0.3, -0.25) is 10.1 Å². The number of aliphatic hydroxyl groups excluding tert-OH is 1. The van der Waals surface area contributed by atoms with E-state index in [9.17, 15) is 19.6 Å². The average molecular weight is 342 g/mol. The Balaban J connectivity index is 2.47. The van der Waals surface area contributed by atoms with Crippen LogP contribution < -0.4 is 4.74 Å².